The number of ketones is 1. The normalized spacial score (nSPS) is 25.0. The van der Waals surface area contributed by atoms with Gasteiger partial charge >= 0.3 is 0 Å². The molecule has 0 radical (unpaired) electrons. The molecule has 2 aliphatic heterocycles. The van der Waals surface area contributed by atoms with Gasteiger partial charge in [-0.05, 0) is 18.4 Å². The van der Waals surface area contributed by atoms with Crippen molar-refractivity contribution in [1.82, 2.24) is 9.88 Å². The molecule has 0 bridgehead atoms. The number of amides is 1. The summed E-state index contributed by atoms with van der Waals surface area (Å²) in [6.45, 7) is 2.73. The van der Waals surface area contributed by atoms with Crippen LogP contribution < -0.4 is 0 Å². The molecule has 0 spiro atoms. The highest BCUT2D eigenvalue weighted by atomic mass is 16.2. The molecule has 3 heterocycles. The Morgan fingerprint density at radius 1 is 1.23 bits per heavy atom. The summed E-state index contributed by atoms with van der Waals surface area (Å²) < 4.78 is 0. The second-order valence-corrected chi connectivity index (χ2v) is 6.37. The first-order valence-corrected chi connectivity index (χ1v) is 8.14. The van der Waals surface area contributed by atoms with Gasteiger partial charge in [0.15, 0.2) is 5.78 Å². The highest BCUT2D eigenvalue weighted by molar-refractivity contribution is 6.10. The number of nitrogens with one attached hydrogen (secondary N) is 1. The van der Waals surface area contributed by atoms with E-state index in [9.17, 15) is 9.59 Å². The van der Waals surface area contributed by atoms with E-state index in [2.05, 4.69) is 11.9 Å². The molecule has 22 heavy (non-hydrogen) atoms. The lowest BCUT2D eigenvalue weighted by atomic mass is 9.84. The monoisotopic (exact) mass is 296 g/mol. The van der Waals surface area contributed by atoms with Crippen molar-refractivity contribution in [3.05, 3.63) is 35.5 Å². The summed E-state index contributed by atoms with van der Waals surface area (Å²) >= 11 is 0. The van der Waals surface area contributed by atoms with E-state index in [1.807, 2.05) is 29.2 Å². The average Bonchev–Trinajstić information content (AvgIpc) is 2.85. The molecule has 4 rings (SSSR count). The van der Waals surface area contributed by atoms with Gasteiger partial charge in [0.1, 0.15) is 0 Å². The number of carbonyl (C=O) groups is 2. The number of H-pyrrole nitrogens is 1. The SMILES string of the molecule is CC[C@@H]1CCC(=O)N2CCC(=O)c3c([nH]c4ccccc34)[C@@H]12. The quantitative estimate of drug-likeness (QED) is 0.876. The maximum absolute atomic E-state index is 12.7. The van der Waals surface area contributed by atoms with Gasteiger partial charge in [-0.3, -0.25) is 9.59 Å². The fourth-order valence-corrected chi connectivity index (χ4v) is 4.13. The Balaban J connectivity index is 1.96. The van der Waals surface area contributed by atoms with E-state index in [0.29, 0.717) is 25.3 Å². The van der Waals surface area contributed by atoms with Crippen molar-refractivity contribution in [2.24, 2.45) is 5.92 Å². The minimum atomic E-state index is 0.0279. The molecule has 2 aromatic rings. The van der Waals surface area contributed by atoms with Gasteiger partial charge < -0.3 is 9.88 Å². The number of rotatable bonds is 1. The summed E-state index contributed by atoms with van der Waals surface area (Å²) in [4.78, 5) is 30.4. The summed E-state index contributed by atoms with van der Waals surface area (Å²) in [6, 6.07) is 7.98. The van der Waals surface area contributed by atoms with E-state index in [-0.39, 0.29) is 17.7 Å². The Bertz CT molecular complexity index is 762. The topological polar surface area (TPSA) is 53.2 Å². The molecule has 4 nitrogen and oxygen atoms in total. The smallest absolute Gasteiger partial charge is 0.223 e. The second-order valence-electron chi connectivity index (χ2n) is 6.37. The summed E-state index contributed by atoms with van der Waals surface area (Å²) in [5.41, 5.74) is 2.77. The van der Waals surface area contributed by atoms with E-state index < -0.39 is 0 Å². The van der Waals surface area contributed by atoms with E-state index in [1.54, 1.807) is 0 Å². The van der Waals surface area contributed by atoms with Gasteiger partial charge in [0.2, 0.25) is 5.91 Å². The highest BCUT2D eigenvalue weighted by Gasteiger charge is 2.41. The van der Waals surface area contributed by atoms with E-state index in [0.717, 1.165) is 35.0 Å². The van der Waals surface area contributed by atoms with Crippen molar-refractivity contribution in [3.8, 4) is 0 Å². The van der Waals surface area contributed by atoms with E-state index in [1.165, 1.54) is 0 Å². The van der Waals surface area contributed by atoms with Gasteiger partial charge in [-0.2, -0.15) is 0 Å². The second kappa shape index (κ2) is 4.97. The van der Waals surface area contributed by atoms with Gasteiger partial charge in [-0.1, -0.05) is 31.5 Å². The molecule has 0 unspecified atom stereocenters. The average molecular weight is 296 g/mol. The van der Waals surface area contributed by atoms with Gasteiger partial charge in [0, 0.05) is 35.9 Å². The zero-order chi connectivity index (χ0) is 15.3. The van der Waals surface area contributed by atoms with E-state index >= 15 is 0 Å². The number of benzene rings is 1. The van der Waals surface area contributed by atoms with Crippen molar-refractivity contribution in [3.63, 3.8) is 0 Å². The van der Waals surface area contributed by atoms with Crippen molar-refractivity contribution in [1.29, 1.82) is 0 Å². The van der Waals surface area contributed by atoms with Crippen LogP contribution in [0.1, 0.15) is 54.7 Å². The summed E-state index contributed by atoms with van der Waals surface area (Å²) in [7, 11) is 0. The number of Topliss-reactive ketones (excluding diaryl/α,β-unsaturated/α-hetero) is 1. The molecule has 2 atom stereocenters. The number of piperidine rings is 1. The van der Waals surface area contributed by atoms with Crippen LogP contribution in [0.25, 0.3) is 10.9 Å². The Morgan fingerprint density at radius 3 is 2.86 bits per heavy atom. The van der Waals surface area contributed by atoms with Gasteiger partial charge in [-0.15, -0.1) is 0 Å². The van der Waals surface area contributed by atoms with Crippen LogP contribution in [-0.4, -0.2) is 28.1 Å². The standard InChI is InChI=1S/C18H20N2O2/c1-2-11-7-8-15(22)20-10-9-14(21)16-12-5-3-4-6-13(12)19-17(16)18(11)20/h3-6,11,18-19H,2,7-10H2,1H3/t11-,18-/m1/s1. The first-order chi connectivity index (χ1) is 10.7. The predicted octanol–water partition coefficient (Wildman–Crippen LogP) is 3.44. The highest BCUT2D eigenvalue weighted by Crippen LogP contribution is 2.43. The largest absolute Gasteiger partial charge is 0.356 e. The number of nitrogens with zero attached hydrogens (tertiary/aromatic N) is 1. The maximum atomic E-state index is 12.7. The molecule has 1 amide bonds. The van der Waals surface area contributed by atoms with Crippen molar-refractivity contribution < 1.29 is 9.59 Å². The fraction of sp³-hybridized carbons (Fsp3) is 0.444. The van der Waals surface area contributed by atoms with Crippen LogP contribution in [0.2, 0.25) is 0 Å². The van der Waals surface area contributed by atoms with Crippen LogP contribution in [0, 0.1) is 5.92 Å². The number of hydrogen-bond acceptors (Lipinski definition) is 2. The number of carbonyl (C=O) groups excluding carboxylic acids is 2. The minimum absolute atomic E-state index is 0.0279. The van der Waals surface area contributed by atoms with Gasteiger partial charge in [-0.25, -0.2) is 0 Å². The van der Waals surface area contributed by atoms with E-state index in [4.69, 9.17) is 0 Å². The first-order valence-electron chi connectivity index (χ1n) is 8.14. The third kappa shape index (κ3) is 1.83. The molecule has 0 aliphatic carbocycles. The van der Waals surface area contributed by atoms with Crippen LogP contribution in [0.5, 0.6) is 0 Å². The molecule has 4 heteroatoms. The molecular formula is C18H20N2O2. The Morgan fingerprint density at radius 2 is 2.05 bits per heavy atom. The van der Waals surface area contributed by atoms with Crippen LogP contribution in [-0.2, 0) is 4.79 Å². The molecule has 2 aliphatic rings. The number of aromatic amines is 1. The lowest BCUT2D eigenvalue weighted by molar-refractivity contribution is -0.139. The minimum Gasteiger partial charge on any atom is -0.356 e. The Kier molecular flexibility index (Phi) is 3.06. The summed E-state index contributed by atoms with van der Waals surface area (Å²) in [5, 5.41) is 0.997. The lowest BCUT2D eigenvalue weighted by Gasteiger charge is -2.39. The molecular weight excluding hydrogens is 276 g/mol. The summed E-state index contributed by atoms with van der Waals surface area (Å²) in [5.74, 6) is 0.772. The third-order valence-corrected chi connectivity index (χ3v) is 5.25. The molecule has 1 N–H and O–H groups in total. The lowest BCUT2D eigenvalue weighted by Crippen LogP contribution is -2.42. The van der Waals surface area contributed by atoms with Crippen molar-refractivity contribution >= 4 is 22.6 Å². The first kappa shape index (κ1) is 13.6. The van der Waals surface area contributed by atoms with Crippen LogP contribution in [0.4, 0.5) is 0 Å². The molecule has 0 saturated carbocycles. The number of para-hydroxylation sites is 1. The number of fused-ring (bicyclic) bond motifs is 5. The van der Waals surface area contributed by atoms with Gasteiger partial charge in [0.05, 0.1) is 11.7 Å². The molecule has 114 valence electrons. The Hall–Kier alpha value is -2.10. The Labute approximate surface area is 129 Å². The molecule has 1 saturated heterocycles. The van der Waals surface area contributed by atoms with Crippen LogP contribution >= 0.6 is 0 Å². The maximum Gasteiger partial charge on any atom is 0.223 e. The predicted molar refractivity (Wildman–Crippen MR) is 84.7 cm³/mol. The van der Waals surface area contributed by atoms with Crippen LogP contribution in [0.3, 0.4) is 0 Å². The summed E-state index contributed by atoms with van der Waals surface area (Å²) in [6.07, 6.45) is 2.98. The third-order valence-electron chi connectivity index (χ3n) is 5.25. The number of hydrogen-bond donors (Lipinski definition) is 1. The van der Waals surface area contributed by atoms with Crippen molar-refractivity contribution in [2.45, 2.75) is 38.6 Å². The zero-order valence-corrected chi connectivity index (χ0v) is 12.8. The zero-order valence-electron chi connectivity index (χ0n) is 12.8. The van der Waals surface area contributed by atoms with Crippen molar-refractivity contribution in [2.75, 3.05) is 6.54 Å². The van der Waals surface area contributed by atoms with Gasteiger partial charge in [0.25, 0.3) is 0 Å². The van der Waals surface area contributed by atoms with Crippen LogP contribution in [0.15, 0.2) is 24.3 Å². The number of aromatic nitrogens is 1. The fourth-order valence-electron chi connectivity index (χ4n) is 4.13. The molecule has 1 fully saturated rings. The molecule has 1 aromatic carbocycles. The molecule has 1 aromatic heterocycles.